The number of sulfone groups is 1. The number of methoxy groups -OCH3 is 1. The van der Waals surface area contributed by atoms with E-state index in [9.17, 15) is 8.42 Å². The van der Waals surface area contributed by atoms with Crippen molar-refractivity contribution in [3.8, 4) is 5.75 Å². The first kappa shape index (κ1) is 22.9. The molecule has 0 amide bonds. The highest BCUT2D eigenvalue weighted by atomic mass is 32.2. The van der Waals surface area contributed by atoms with Crippen molar-refractivity contribution in [2.24, 2.45) is 4.99 Å². The third-order valence-electron chi connectivity index (χ3n) is 5.47. The molecular formula is C23H32N4O3S. The van der Waals surface area contributed by atoms with E-state index in [0.29, 0.717) is 17.5 Å². The molecule has 3 rings (SSSR count). The molecule has 1 heterocycles. The zero-order valence-electron chi connectivity index (χ0n) is 18.5. The maximum atomic E-state index is 11.6. The van der Waals surface area contributed by atoms with E-state index >= 15 is 0 Å². The van der Waals surface area contributed by atoms with E-state index in [2.05, 4.69) is 26.6 Å². The van der Waals surface area contributed by atoms with E-state index in [1.54, 1.807) is 26.3 Å². The van der Waals surface area contributed by atoms with Crippen LogP contribution >= 0.6 is 0 Å². The van der Waals surface area contributed by atoms with Gasteiger partial charge >= 0.3 is 0 Å². The Kier molecular flexibility index (Phi) is 7.79. The van der Waals surface area contributed by atoms with Gasteiger partial charge in [-0.25, -0.2) is 8.42 Å². The maximum Gasteiger partial charge on any atom is 0.191 e. The summed E-state index contributed by atoms with van der Waals surface area (Å²) in [6.07, 6.45) is 4.18. The fourth-order valence-corrected chi connectivity index (χ4v) is 4.45. The highest BCUT2D eigenvalue weighted by Gasteiger charge is 2.22. The number of piperidine rings is 1. The van der Waals surface area contributed by atoms with Crippen LogP contribution in [0.25, 0.3) is 0 Å². The van der Waals surface area contributed by atoms with Gasteiger partial charge < -0.3 is 20.3 Å². The van der Waals surface area contributed by atoms with Gasteiger partial charge in [-0.15, -0.1) is 0 Å². The predicted octanol–water partition coefficient (Wildman–Crippen LogP) is 2.48. The molecule has 7 nitrogen and oxygen atoms in total. The Morgan fingerprint density at radius 2 is 1.94 bits per heavy atom. The van der Waals surface area contributed by atoms with Crippen LogP contribution in [-0.2, 0) is 16.3 Å². The molecule has 2 N–H and O–H groups in total. The van der Waals surface area contributed by atoms with Crippen molar-refractivity contribution in [1.29, 1.82) is 0 Å². The summed E-state index contributed by atoms with van der Waals surface area (Å²) in [6, 6.07) is 15.5. The summed E-state index contributed by atoms with van der Waals surface area (Å²) < 4.78 is 28.7. The van der Waals surface area contributed by atoms with Gasteiger partial charge in [0.15, 0.2) is 15.8 Å². The number of nitrogens with zero attached hydrogens (tertiary/aromatic N) is 2. The van der Waals surface area contributed by atoms with Crippen molar-refractivity contribution in [3.05, 3.63) is 54.1 Å². The highest BCUT2D eigenvalue weighted by Crippen LogP contribution is 2.29. The van der Waals surface area contributed by atoms with Crippen LogP contribution < -0.4 is 20.3 Å². The van der Waals surface area contributed by atoms with Crippen molar-refractivity contribution in [1.82, 2.24) is 10.6 Å². The summed E-state index contributed by atoms with van der Waals surface area (Å²) in [5.74, 6) is 1.67. The summed E-state index contributed by atoms with van der Waals surface area (Å²) in [6.45, 7) is 2.60. The molecule has 0 spiro atoms. The van der Waals surface area contributed by atoms with Gasteiger partial charge in [-0.1, -0.05) is 24.3 Å². The summed E-state index contributed by atoms with van der Waals surface area (Å²) in [7, 11) is 0.323. The standard InChI is InChI=1S/C23H32N4O3S/c1-24-23(25-15-14-18-10-12-20(13-11-18)31(3,28)29)26-19-7-6-16-27(17-19)21-8-4-5-9-22(21)30-2/h4-5,8-13,19H,6-7,14-17H2,1-3H3,(H2,24,25,26). The third kappa shape index (κ3) is 6.37. The number of anilines is 1. The molecule has 1 aliphatic heterocycles. The summed E-state index contributed by atoms with van der Waals surface area (Å²) in [4.78, 5) is 7.07. The molecule has 0 radical (unpaired) electrons. The van der Waals surface area contributed by atoms with Crippen LogP contribution in [0.1, 0.15) is 18.4 Å². The quantitative estimate of drug-likeness (QED) is 0.504. The van der Waals surface area contributed by atoms with Crippen molar-refractivity contribution >= 4 is 21.5 Å². The van der Waals surface area contributed by atoms with Crippen LogP contribution in [0.2, 0.25) is 0 Å². The average Bonchev–Trinajstić information content (AvgIpc) is 2.78. The van der Waals surface area contributed by atoms with Crippen LogP contribution in [0.4, 0.5) is 5.69 Å². The van der Waals surface area contributed by atoms with Gasteiger partial charge in [0.05, 0.1) is 17.7 Å². The van der Waals surface area contributed by atoms with Crippen molar-refractivity contribution in [3.63, 3.8) is 0 Å². The second-order valence-corrected chi connectivity index (χ2v) is 9.78. The van der Waals surface area contributed by atoms with Crippen LogP contribution in [0.3, 0.4) is 0 Å². The molecule has 0 bridgehead atoms. The van der Waals surface area contributed by atoms with Crippen LogP contribution in [0.5, 0.6) is 5.75 Å². The van der Waals surface area contributed by atoms with E-state index in [-0.39, 0.29) is 0 Å². The number of hydrogen-bond donors (Lipinski definition) is 2. The smallest absolute Gasteiger partial charge is 0.191 e. The number of benzene rings is 2. The number of rotatable bonds is 7. The fraction of sp³-hybridized carbons (Fsp3) is 0.435. The average molecular weight is 445 g/mol. The van der Waals surface area contributed by atoms with Crippen LogP contribution in [0.15, 0.2) is 58.4 Å². The normalized spacial score (nSPS) is 17.3. The first-order chi connectivity index (χ1) is 14.9. The predicted molar refractivity (Wildman–Crippen MR) is 126 cm³/mol. The summed E-state index contributed by atoms with van der Waals surface area (Å²) in [5, 5.41) is 6.90. The fourth-order valence-electron chi connectivity index (χ4n) is 3.82. The molecule has 1 unspecified atom stereocenters. The monoisotopic (exact) mass is 444 g/mol. The van der Waals surface area contributed by atoms with Gasteiger partial charge in [0.2, 0.25) is 0 Å². The zero-order valence-corrected chi connectivity index (χ0v) is 19.3. The molecule has 2 aromatic rings. The second-order valence-electron chi connectivity index (χ2n) is 7.77. The first-order valence-corrected chi connectivity index (χ1v) is 12.4. The van der Waals surface area contributed by atoms with Crippen molar-refractivity contribution < 1.29 is 13.2 Å². The largest absolute Gasteiger partial charge is 0.495 e. The van der Waals surface area contributed by atoms with E-state index in [0.717, 1.165) is 55.3 Å². The minimum atomic E-state index is -3.16. The number of nitrogens with one attached hydrogen (secondary N) is 2. The summed E-state index contributed by atoms with van der Waals surface area (Å²) in [5.41, 5.74) is 2.20. The van der Waals surface area contributed by atoms with Gasteiger partial charge in [0.1, 0.15) is 5.75 Å². The van der Waals surface area contributed by atoms with Gasteiger partial charge in [0.25, 0.3) is 0 Å². The van der Waals surface area contributed by atoms with E-state index in [4.69, 9.17) is 4.74 Å². The molecular weight excluding hydrogens is 412 g/mol. The molecule has 168 valence electrons. The second kappa shape index (κ2) is 10.5. The van der Waals surface area contributed by atoms with E-state index < -0.39 is 9.84 Å². The zero-order chi connectivity index (χ0) is 22.3. The van der Waals surface area contributed by atoms with Crippen LogP contribution in [-0.4, -0.2) is 60.5 Å². The van der Waals surface area contributed by atoms with Gasteiger partial charge in [-0.3, -0.25) is 4.99 Å². The van der Waals surface area contributed by atoms with Crippen LogP contribution in [0, 0.1) is 0 Å². The minimum absolute atomic E-state index is 0.291. The topological polar surface area (TPSA) is 83.0 Å². The molecule has 31 heavy (non-hydrogen) atoms. The third-order valence-corrected chi connectivity index (χ3v) is 6.60. The highest BCUT2D eigenvalue weighted by molar-refractivity contribution is 7.90. The molecule has 0 aliphatic carbocycles. The Hall–Kier alpha value is -2.74. The van der Waals surface area contributed by atoms with E-state index in [1.807, 2.05) is 30.3 Å². The molecule has 0 saturated carbocycles. The lowest BCUT2D eigenvalue weighted by atomic mass is 10.0. The molecule has 8 heteroatoms. The number of aliphatic imine (C=N–C) groups is 1. The minimum Gasteiger partial charge on any atom is -0.495 e. The summed E-state index contributed by atoms with van der Waals surface area (Å²) >= 11 is 0. The lowest BCUT2D eigenvalue weighted by Gasteiger charge is -2.36. The molecule has 1 aliphatic rings. The SMILES string of the molecule is CN=C(NCCc1ccc(S(C)(=O)=O)cc1)NC1CCCN(c2ccccc2OC)C1. The Labute approximate surface area is 185 Å². The number of guanidine groups is 1. The first-order valence-electron chi connectivity index (χ1n) is 10.5. The van der Waals surface area contributed by atoms with Gasteiger partial charge in [-0.2, -0.15) is 0 Å². The van der Waals surface area contributed by atoms with Crippen molar-refractivity contribution in [2.75, 3.05) is 44.9 Å². The molecule has 1 atom stereocenters. The molecule has 2 aromatic carbocycles. The number of para-hydroxylation sites is 2. The maximum absolute atomic E-state index is 11.6. The Morgan fingerprint density at radius 3 is 2.61 bits per heavy atom. The lowest BCUT2D eigenvalue weighted by molar-refractivity contribution is 0.408. The Bertz CT molecular complexity index is 990. The number of ether oxygens (including phenoxy) is 1. The lowest BCUT2D eigenvalue weighted by Crippen LogP contribution is -2.51. The molecule has 1 saturated heterocycles. The Morgan fingerprint density at radius 1 is 1.19 bits per heavy atom. The molecule has 0 aromatic heterocycles. The van der Waals surface area contributed by atoms with Gasteiger partial charge in [-0.05, 0) is 49.1 Å². The Balaban J connectivity index is 1.51. The van der Waals surface area contributed by atoms with E-state index in [1.165, 1.54) is 6.26 Å². The van der Waals surface area contributed by atoms with Gasteiger partial charge in [0, 0.05) is 39.0 Å². The van der Waals surface area contributed by atoms with Crippen molar-refractivity contribution in [2.45, 2.75) is 30.2 Å². The number of hydrogen-bond acceptors (Lipinski definition) is 5. The molecule has 1 fully saturated rings.